The minimum Gasteiger partial charge on any atom is -0.316 e. The van der Waals surface area contributed by atoms with E-state index in [1.165, 1.54) is 5.56 Å². The predicted molar refractivity (Wildman–Crippen MR) is 77.4 cm³/mol. The van der Waals surface area contributed by atoms with Crippen molar-refractivity contribution in [2.24, 2.45) is 11.8 Å². The van der Waals surface area contributed by atoms with Gasteiger partial charge in [0.2, 0.25) is 5.91 Å². The van der Waals surface area contributed by atoms with Crippen LogP contribution in [0, 0.1) is 18.8 Å². The smallest absolute Gasteiger partial charge is 0.229 e. The van der Waals surface area contributed by atoms with Gasteiger partial charge in [-0.25, -0.2) is 0 Å². The first-order valence-corrected chi connectivity index (χ1v) is 6.14. The maximum Gasteiger partial charge on any atom is 0.229 e. The van der Waals surface area contributed by atoms with Crippen molar-refractivity contribution in [2.75, 3.05) is 25.0 Å². The topological polar surface area (TPSA) is 32.3 Å². The molecule has 1 fully saturated rings. The second-order valence-corrected chi connectivity index (χ2v) is 4.94. The van der Waals surface area contributed by atoms with Gasteiger partial charge in [-0.3, -0.25) is 4.79 Å². The highest BCUT2D eigenvalue weighted by Crippen LogP contribution is 2.22. The quantitative estimate of drug-likeness (QED) is 0.912. The van der Waals surface area contributed by atoms with E-state index in [0.717, 1.165) is 18.8 Å². The fourth-order valence-corrected chi connectivity index (χ4v) is 2.14. The van der Waals surface area contributed by atoms with Gasteiger partial charge in [0.25, 0.3) is 0 Å². The molecule has 0 radical (unpaired) electrons. The summed E-state index contributed by atoms with van der Waals surface area (Å²) in [6.07, 6.45) is 0. The Morgan fingerprint density at radius 3 is 2.61 bits per heavy atom. The van der Waals surface area contributed by atoms with E-state index in [2.05, 4.69) is 5.32 Å². The highest BCUT2D eigenvalue weighted by atomic mass is 35.5. The molecule has 1 saturated heterocycles. The molecule has 2 rings (SSSR count). The molecule has 0 bridgehead atoms. The van der Waals surface area contributed by atoms with E-state index in [0.29, 0.717) is 5.92 Å². The number of hydrogen-bond donors (Lipinski definition) is 1. The van der Waals surface area contributed by atoms with E-state index < -0.39 is 0 Å². The van der Waals surface area contributed by atoms with Crippen molar-refractivity contribution in [2.45, 2.75) is 13.8 Å². The number of aryl methyl sites for hydroxylation is 1. The molecular formula is C14H21ClN2O. The summed E-state index contributed by atoms with van der Waals surface area (Å²) in [5.41, 5.74) is 2.16. The van der Waals surface area contributed by atoms with Gasteiger partial charge in [-0.1, -0.05) is 19.1 Å². The molecule has 1 heterocycles. The third-order valence-electron chi connectivity index (χ3n) is 3.63. The lowest BCUT2D eigenvalue weighted by molar-refractivity contribution is -0.123. The van der Waals surface area contributed by atoms with Crippen molar-refractivity contribution < 1.29 is 4.79 Å². The van der Waals surface area contributed by atoms with Crippen LogP contribution in [0.2, 0.25) is 0 Å². The molecule has 4 heteroatoms. The maximum absolute atomic E-state index is 12.3. The zero-order valence-electron chi connectivity index (χ0n) is 11.1. The van der Waals surface area contributed by atoms with Crippen LogP contribution in [-0.4, -0.2) is 26.0 Å². The Hall–Kier alpha value is -1.06. The minimum absolute atomic E-state index is 0. The number of carbonyl (C=O) groups is 1. The van der Waals surface area contributed by atoms with Gasteiger partial charge in [-0.05, 0) is 43.6 Å². The summed E-state index contributed by atoms with van der Waals surface area (Å²) in [4.78, 5) is 14.1. The van der Waals surface area contributed by atoms with E-state index in [9.17, 15) is 4.79 Å². The number of nitrogens with zero attached hydrogens (tertiary/aromatic N) is 1. The molecule has 1 unspecified atom stereocenters. The molecule has 0 aromatic heterocycles. The fraction of sp³-hybridized carbons (Fsp3) is 0.500. The van der Waals surface area contributed by atoms with Crippen LogP contribution in [0.1, 0.15) is 12.5 Å². The SMILES string of the molecule is Cc1cccc(N(C)C(=O)C(C)C2CNC2)c1.Cl. The Morgan fingerprint density at radius 2 is 2.11 bits per heavy atom. The summed E-state index contributed by atoms with van der Waals surface area (Å²) in [5.74, 6) is 0.804. The predicted octanol–water partition coefficient (Wildman–Crippen LogP) is 2.24. The molecule has 1 N–H and O–H groups in total. The molecular weight excluding hydrogens is 248 g/mol. The molecule has 18 heavy (non-hydrogen) atoms. The second kappa shape index (κ2) is 6.21. The molecule has 0 saturated carbocycles. The molecule has 1 aromatic rings. The highest BCUT2D eigenvalue weighted by Gasteiger charge is 2.30. The monoisotopic (exact) mass is 268 g/mol. The zero-order chi connectivity index (χ0) is 12.4. The van der Waals surface area contributed by atoms with Gasteiger partial charge < -0.3 is 10.2 Å². The van der Waals surface area contributed by atoms with Crippen LogP contribution >= 0.6 is 12.4 Å². The molecule has 0 spiro atoms. The fourth-order valence-electron chi connectivity index (χ4n) is 2.14. The van der Waals surface area contributed by atoms with Crippen molar-refractivity contribution >= 4 is 24.0 Å². The van der Waals surface area contributed by atoms with Crippen LogP contribution in [-0.2, 0) is 4.79 Å². The van der Waals surface area contributed by atoms with E-state index >= 15 is 0 Å². The van der Waals surface area contributed by atoms with Crippen LogP contribution in [0.4, 0.5) is 5.69 Å². The molecule has 1 aromatic carbocycles. The number of halogens is 1. The van der Waals surface area contributed by atoms with Crippen molar-refractivity contribution in [1.29, 1.82) is 0 Å². The van der Waals surface area contributed by atoms with Crippen molar-refractivity contribution in [3.05, 3.63) is 29.8 Å². The number of benzene rings is 1. The summed E-state index contributed by atoms with van der Waals surface area (Å²) in [6, 6.07) is 8.06. The van der Waals surface area contributed by atoms with Gasteiger partial charge in [0, 0.05) is 18.7 Å². The number of carbonyl (C=O) groups excluding carboxylic acids is 1. The van der Waals surface area contributed by atoms with Gasteiger partial charge in [0.15, 0.2) is 0 Å². The van der Waals surface area contributed by atoms with Crippen molar-refractivity contribution in [1.82, 2.24) is 5.32 Å². The average molecular weight is 269 g/mol. The molecule has 1 atom stereocenters. The van der Waals surface area contributed by atoms with E-state index in [4.69, 9.17) is 0 Å². The van der Waals surface area contributed by atoms with Gasteiger partial charge >= 0.3 is 0 Å². The molecule has 1 amide bonds. The molecule has 100 valence electrons. The summed E-state index contributed by atoms with van der Waals surface area (Å²) < 4.78 is 0. The van der Waals surface area contributed by atoms with E-state index in [1.807, 2.05) is 45.2 Å². The van der Waals surface area contributed by atoms with Crippen molar-refractivity contribution in [3.8, 4) is 0 Å². The second-order valence-electron chi connectivity index (χ2n) is 4.94. The summed E-state index contributed by atoms with van der Waals surface area (Å²) in [7, 11) is 1.86. The first-order chi connectivity index (χ1) is 8.09. The lowest BCUT2D eigenvalue weighted by Gasteiger charge is -2.34. The zero-order valence-corrected chi connectivity index (χ0v) is 12.0. The number of anilines is 1. The standard InChI is InChI=1S/C14H20N2O.ClH/c1-10-5-4-6-13(7-10)16(3)14(17)11(2)12-8-15-9-12;/h4-7,11-12,15H,8-9H2,1-3H3;1H. The van der Waals surface area contributed by atoms with Crippen molar-refractivity contribution in [3.63, 3.8) is 0 Å². The van der Waals surface area contributed by atoms with Crippen LogP contribution < -0.4 is 10.2 Å². The molecule has 3 nitrogen and oxygen atoms in total. The largest absolute Gasteiger partial charge is 0.316 e. The minimum atomic E-state index is 0. The highest BCUT2D eigenvalue weighted by molar-refractivity contribution is 5.94. The average Bonchev–Trinajstić information content (AvgIpc) is 2.24. The van der Waals surface area contributed by atoms with Crippen LogP contribution in [0.15, 0.2) is 24.3 Å². The Labute approximate surface area is 115 Å². The summed E-state index contributed by atoms with van der Waals surface area (Å²) in [6.45, 7) is 6.00. The van der Waals surface area contributed by atoms with E-state index in [1.54, 1.807) is 4.90 Å². The number of amides is 1. The Balaban J connectivity index is 0.00000162. The van der Waals surface area contributed by atoms with Gasteiger partial charge in [-0.15, -0.1) is 12.4 Å². The van der Waals surface area contributed by atoms with E-state index in [-0.39, 0.29) is 24.2 Å². The number of nitrogens with one attached hydrogen (secondary N) is 1. The maximum atomic E-state index is 12.3. The molecule has 1 aliphatic rings. The Kier molecular flexibility index (Phi) is 5.17. The van der Waals surface area contributed by atoms with Gasteiger partial charge in [0.1, 0.15) is 0 Å². The van der Waals surface area contributed by atoms with Crippen LogP contribution in [0.5, 0.6) is 0 Å². The first kappa shape index (κ1) is 15.0. The number of rotatable bonds is 3. The Morgan fingerprint density at radius 1 is 1.44 bits per heavy atom. The summed E-state index contributed by atoms with van der Waals surface area (Å²) >= 11 is 0. The summed E-state index contributed by atoms with van der Waals surface area (Å²) in [5, 5.41) is 3.21. The molecule has 0 aliphatic carbocycles. The van der Waals surface area contributed by atoms with Crippen LogP contribution in [0.25, 0.3) is 0 Å². The first-order valence-electron chi connectivity index (χ1n) is 6.14. The molecule has 1 aliphatic heterocycles. The number of hydrogen-bond acceptors (Lipinski definition) is 2. The van der Waals surface area contributed by atoms with Gasteiger partial charge in [-0.2, -0.15) is 0 Å². The van der Waals surface area contributed by atoms with Crippen LogP contribution in [0.3, 0.4) is 0 Å². The third-order valence-corrected chi connectivity index (χ3v) is 3.63. The lowest BCUT2D eigenvalue weighted by Crippen LogP contribution is -2.50. The normalized spacial score (nSPS) is 16.4. The third kappa shape index (κ3) is 3.03. The lowest BCUT2D eigenvalue weighted by atomic mass is 9.88. The Bertz CT molecular complexity index is 418. The van der Waals surface area contributed by atoms with Gasteiger partial charge in [0.05, 0.1) is 0 Å².